The van der Waals surface area contributed by atoms with Gasteiger partial charge >= 0.3 is 11.9 Å². The quantitative estimate of drug-likeness (QED) is 0.0168. The van der Waals surface area contributed by atoms with Gasteiger partial charge in [0.25, 0.3) is 5.91 Å². The summed E-state index contributed by atoms with van der Waals surface area (Å²) >= 11 is 0. The lowest BCUT2D eigenvalue weighted by molar-refractivity contribution is -0.143. The molecule has 20 N–H and O–H groups in total. The maximum Gasteiger partial charge on any atom is 0.305 e. The molecule has 32 nitrogen and oxygen atoms in total. The molecule has 0 radical (unpaired) electrons. The Balaban J connectivity index is 2.38. The van der Waals surface area contributed by atoms with Crippen molar-refractivity contribution in [3.05, 3.63) is 65.7 Å². The van der Waals surface area contributed by atoms with Crippen LogP contribution < -0.4 is 70.2 Å². The van der Waals surface area contributed by atoms with Crippen LogP contribution in [0.5, 0.6) is 5.75 Å². The fraction of sp³-hybridized carbons (Fsp3) is 0.500. The third-order valence-electron chi connectivity index (χ3n) is 12.3. The lowest BCUT2D eigenvalue weighted by Gasteiger charge is -2.27. The number of aliphatic hydroxyl groups is 2. The maximum absolute atomic E-state index is 14.2. The zero-order valence-corrected chi connectivity index (χ0v) is 46.7. The Hall–Kier alpha value is -8.98. The van der Waals surface area contributed by atoms with Gasteiger partial charge in [-0.05, 0) is 55.0 Å². The number of likely N-dealkylation sites (N-methyl/N-ethyl adjacent to an activating group) is 1. The molecule has 0 spiro atoms. The number of hydrogen-bond acceptors (Lipinski definition) is 20. The zero-order valence-electron chi connectivity index (χ0n) is 46.7. The number of carbonyl (C=O) groups is 14. The number of hydrazine groups is 1. The van der Waals surface area contributed by atoms with Crippen molar-refractivity contribution in [1.82, 2.24) is 58.7 Å². The molecule has 0 aliphatic rings. The fourth-order valence-corrected chi connectivity index (χ4v) is 7.80. The standard InChI is InChI=1S/C52H75N13O19/c1-25(2)15-31(55-5)43(75)44(76)42(26(3)4)63-49(81)33(18-39(54)70)58-51(83)37(22-66)62-52(84)38(23-67)61-48(80)35(20-41(73)74)60-47(79)34(19-40(71)72)59-46(78)32(16-27-9-7-6-8-10-27)57-50(82)36(17-28-11-13-29(69)14-12-28)64-65-45(77)30(53)21-56-24-68/h6-14,24-26,30-38,42,55,64,66-67,69H,15-23,53H2,1-5H3,(H2,54,70)(H,56,68)(H,57,82)(H,58,83)(H,59,78)(H,60,79)(H,61,80)(H,62,84)(H,63,81)(H,65,77)(H,71,72)(H,73,74)/t30?,31-,32-,33?,34?,35-,36?,37-,38?,42-/m0/s1. The van der Waals surface area contributed by atoms with Crippen LogP contribution in [0.4, 0.5) is 0 Å². The van der Waals surface area contributed by atoms with Crippen LogP contribution in [0.2, 0.25) is 0 Å². The van der Waals surface area contributed by atoms with Gasteiger partial charge in [-0.15, -0.1) is 0 Å². The van der Waals surface area contributed by atoms with Crippen molar-refractivity contribution in [2.24, 2.45) is 23.3 Å². The van der Waals surface area contributed by atoms with Crippen molar-refractivity contribution in [3.8, 4) is 5.75 Å². The summed E-state index contributed by atoms with van der Waals surface area (Å²) in [6.45, 7) is 3.82. The molecule has 2 aromatic rings. The first-order valence-electron chi connectivity index (χ1n) is 26.2. The fourth-order valence-electron chi connectivity index (χ4n) is 7.80. The third kappa shape index (κ3) is 24.6. The number of aromatic hydroxyl groups is 1. The van der Waals surface area contributed by atoms with Crippen LogP contribution >= 0.6 is 0 Å². The van der Waals surface area contributed by atoms with Gasteiger partial charge in [-0.3, -0.25) is 72.5 Å². The van der Waals surface area contributed by atoms with Gasteiger partial charge in [0.15, 0.2) is 0 Å². The number of primary amides is 1. The van der Waals surface area contributed by atoms with Gasteiger partial charge < -0.3 is 84.9 Å². The second kappa shape index (κ2) is 35.8. The molecule has 10 atom stereocenters. The van der Waals surface area contributed by atoms with Gasteiger partial charge in [0.1, 0.15) is 54.1 Å². The summed E-state index contributed by atoms with van der Waals surface area (Å²) in [6, 6.07) is -3.68. The molecule has 0 aliphatic carbocycles. The summed E-state index contributed by atoms with van der Waals surface area (Å²) in [6.07, 6.45) is -3.37. The van der Waals surface area contributed by atoms with E-state index in [1.807, 2.05) is 29.8 Å². The van der Waals surface area contributed by atoms with Crippen LogP contribution in [0.3, 0.4) is 0 Å². The monoisotopic (exact) mass is 1190 g/mol. The number of aliphatic hydroxyl groups excluding tert-OH is 2. The summed E-state index contributed by atoms with van der Waals surface area (Å²) in [5.74, 6) is -17.3. The van der Waals surface area contributed by atoms with Crippen molar-refractivity contribution >= 4 is 83.1 Å². The smallest absolute Gasteiger partial charge is 0.305 e. The number of rotatable bonds is 39. The van der Waals surface area contributed by atoms with E-state index >= 15 is 0 Å². The molecule has 0 aliphatic heterocycles. The Morgan fingerprint density at radius 2 is 0.940 bits per heavy atom. The Bertz CT molecular complexity index is 2640. The molecule has 0 aromatic heterocycles. The Labute approximate surface area is 481 Å². The van der Waals surface area contributed by atoms with Gasteiger partial charge in [-0.2, -0.15) is 0 Å². The van der Waals surface area contributed by atoms with Gasteiger partial charge in [-0.25, -0.2) is 5.43 Å². The highest BCUT2D eigenvalue weighted by Crippen LogP contribution is 2.14. The van der Waals surface area contributed by atoms with Crippen molar-refractivity contribution in [2.75, 3.05) is 26.8 Å². The predicted molar refractivity (Wildman–Crippen MR) is 292 cm³/mol. The van der Waals surface area contributed by atoms with E-state index in [4.69, 9.17) is 11.5 Å². The number of carboxylic acids is 2. The first-order chi connectivity index (χ1) is 39.5. The Morgan fingerprint density at radius 3 is 1.38 bits per heavy atom. The zero-order chi connectivity index (χ0) is 63.4. The molecular weight excluding hydrogens is 1110 g/mol. The van der Waals surface area contributed by atoms with Crippen LogP contribution in [-0.2, 0) is 80.0 Å². The molecule has 0 saturated carbocycles. The van der Waals surface area contributed by atoms with Crippen LogP contribution in [-0.4, -0.2) is 196 Å². The van der Waals surface area contributed by atoms with Crippen LogP contribution in [0.15, 0.2) is 54.6 Å². The second-order valence-corrected chi connectivity index (χ2v) is 19.9. The summed E-state index contributed by atoms with van der Waals surface area (Å²) in [7, 11) is 1.47. The van der Waals surface area contributed by atoms with Crippen LogP contribution in [0.1, 0.15) is 64.5 Å². The molecule has 2 rings (SSSR count). The molecule has 0 bridgehead atoms. The van der Waals surface area contributed by atoms with E-state index in [0.29, 0.717) is 17.5 Å². The number of benzene rings is 2. The lowest BCUT2D eigenvalue weighted by atomic mass is 9.91. The number of phenols is 1. The maximum atomic E-state index is 14.2. The molecule has 84 heavy (non-hydrogen) atoms. The summed E-state index contributed by atoms with van der Waals surface area (Å²) in [5.41, 5.74) is 16.7. The predicted octanol–water partition coefficient (Wildman–Crippen LogP) is -7.13. The van der Waals surface area contributed by atoms with Crippen molar-refractivity contribution in [3.63, 3.8) is 0 Å². The van der Waals surface area contributed by atoms with E-state index in [2.05, 4.69) is 42.8 Å². The molecule has 0 fully saturated rings. The first kappa shape index (κ1) is 71.1. The van der Waals surface area contributed by atoms with Crippen LogP contribution in [0, 0.1) is 11.8 Å². The molecular formula is C52H75N13O19. The van der Waals surface area contributed by atoms with Crippen molar-refractivity contribution in [1.29, 1.82) is 0 Å². The van der Waals surface area contributed by atoms with Crippen LogP contribution in [0.25, 0.3) is 0 Å². The highest BCUT2D eigenvalue weighted by molar-refractivity contribution is 6.41. The number of aliphatic carboxylic acids is 2. The molecule has 5 unspecified atom stereocenters. The minimum absolute atomic E-state index is 0.00887. The van der Waals surface area contributed by atoms with E-state index < -0.39 is 175 Å². The number of ketones is 2. The van der Waals surface area contributed by atoms with E-state index in [0.717, 1.165) is 0 Å². The molecule has 462 valence electrons. The summed E-state index contributed by atoms with van der Waals surface area (Å²) < 4.78 is 0. The number of hydrogen-bond donors (Lipinski definition) is 18. The molecule has 0 heterocycles. The summed E-state index contributed by atoms with van der Waals surface area (Å²) in [4.78, 5) is 182. The average Bonchev–Trinajstić information content (AvgIpc) is 3.55. The molecule has 0 saturated heterocycles. The Kier molecular flexibility index (Phi) is 30.3. The van der Waals surface area contributed by atoms with E-state index in [1.54, 1.807) is 30.3 Å². The van der Waals surface area contributed by atoms with Gasteiger partial charge in [-0.1, -0.05) is 70.2 Å². The third-order valence-corrected chi connectivity index (χ3v) is 12.3. The van der Waals surface area contributed by atoms with E-state index in [-0.39, 0.29) is 37.5 Å². The first-order valence-corrected chi connectivity index (χ1v) is 26.2. The van der Waals surface area contributed by atoms with E-state index in [9.17, 15) is 92.7 Å². The number of nitrogens with one attached hydrogen (secondary N) is 11. The van der Waals surface area contributed by atoms with Gasteiger partial charge in [0, 0.05) is 13.0 Å². The SMILES string of the molecule is CN[C@@H](CC(C)C)C(=O)C(=O)[C@@H](NC(=O)C(CC(N)=O)NC(=O)[C@H](CO)NC(=O)C(CO)NC(=O)[C@H](CC(=O)O)NC(=O)C(CC(=O)O)NC(=O)[C@H](Cc1ccccc1)NC(=O)C(Cc1ccc(O)cc1)NNC(=O)C(N)CNC=O)C(C)C. The highest BCUT2D eigenvalue weighted by atomic mass is 16.4. The number of phenolic OH excluding ortho intramolecular Hbond substituents is 1. The average molecular weight is 1190 g/mol. The topological polar surface area (TPSA) is 524 Å². The molecule has 10 amide bonds. The van der Waals surface area contributed by atoms with E-state index in [1.165, 1.54) is 45.2 Å². The lowest BCUT2D eigenvalue weighted by Crippen LogP contribution is -2.62. The minimum Gasteiger partial charge on any atom is -0.508 e. The van der Waals surface area contributed by atoms with Crippen molar-refractivity contribution < 1.29 is 92.7 Å². The molecule has 2 aromatic carbocycles. The number of carboxylic acid groups (broad SMARTS) is 2. The number of Topliss-reactive ketones (excluding diaryl/α,β-unsaturated/α-hetero) is 2. The normalized spacial score (nSPS) is 14.6. The number of amides is 10. The highest BCUT2D eigenvalue weighted by Gasteiger charge is 2.38. The number of nitrogens with two attached hydrogens (primary N) is 2. The minimum atomic E-state index is -2.21. The van der Waals surface area contributed by atoms with Gasteiger partial charge in [0.2, 0.25) is 65.2 Å². The second-order valence-electron chi connectivity index (χ2n) is 19.9. The molecule has 32 heteroatoms. The van der Waals surface area contributed by atoms with Gasteiger partial charge in [0.05, 0.1) is 44.6 Å². The van der Waals surface area contributed by atoms with Crippen molar-refractivity contribution in [2.45, 2.75) is 127 Å². The number of carbonyl (C=O) groups excluding carboxylic acids is 12. The Morgan fingerprint density at radius 1 is 0.524 bits per heavy atom. The summed E-state index contributed by atoms with van der Waals surface area (Å²) in [5, 5.41) is 69.7. The largest absolute Gasteiger partial charge is 0.508 e.